The summed E-state index contributed by atoms with van der Waals surface area (Å²) < 4.78 is 0. The zero-order valence-corrected chi connectivity index (χ0v) is 10.9. The maximum absolute atomic E-state index is 9.14. The normalized spacial score (nSPS) is 43.0. The molecule has 2 N–H and O–H groups in total. The van der Waals surface area contributed by atoms with E-state index in [9.17, 15) is 0 Å². The van der Waals surface area contributed by atoms with Crippen LogP contribution >= 0.6 is 0 Å². The monoisotopic (exact) mass is 378 g/mol. The molecule has 3 aliphatic rings. The number of aliphatic hydroxyl groups excluding tert-OH is 1. The Morgan fingerprint density at radius 2 is 2.07 bits per heavy atom. The van der Waals surface area contributed by atoms with Crippen molar-refractivity contribution in [1.82, 2.24) is 0 Å². The Bertz CT molecular complexity index is 362. The Balaban J connectivity index is 0.000000853. The van der Waals surface area contributed by atoms with E-state index in [1.165, 1.54) is 6.42 Å². The summed E-state index contributed by atoms with van der Waals surface area (Å²) in [5.74, 6) is 1.93. The molecule has 3 aliphatic carbocycles. The van der Waals surface area contributed by atoms with Crippen LogP contribution in [0.15, 0.2) is 29.0 Å². The molecule has 0 amide bonds. The molecule has 0 aromatic rings. The topological polar surface area (TPSA) is 52.8 Å². The van der Waals surface area contributed by atoms with Crippen molar-refractivity contribution in [3.05, 3.63) is 23.8 Å². The zero-order chi connectivity index (χ0) is 9.71. The average Bonchev–Trinajstić information content (AvgIpc) is 2.87. The van der Waals surface area contributed by atoms with Crippen LogP contribution in [0, 0.1) is 23.7 Å². The molecular weight excluding hydrogens is 364 g/mol. The number of aliphatic hydroxyl groups is 1. The summed E-state index contributed by atoms with van der Waals surface area (Å²) in [6, 6.07) is 0. The SMILES string of the molecule is OCC1=CC2C3C=CC(C3)C2/C1=N/O.[Re]. The van der Waals surface area contributed by atoms with Crippen LogP contribution in [0.1, 0.15) is 6.42 Å². The summed E-state index contributed by atoms with van der Waals surface area (Å²) >= 11 is 0. The average molecular weight is 377 g/mol. The van der Waals surface area contributed by atoms with Crippen LogP contribution in [0.3, 0.4) is 0 Å². The molecule has 0 heterocycles. The minimum Gasteiger partial charge on any atom is -0.411 e. The van der Waals surface area contributed by atoms with Crippen LogP contribution in [-0.2, 0) is 20.4 Å². The van der Waals surface area contributed by atoms with Crippen molar-refractivity contribution < 1.29 is 30.7 Å². The molecule has 0 saturated heterocycles. The fraction of sp³-hybridized carbons (Fsp3) is 0.545. The third kappa shape index (κ3) is 1.36. The minimum absolute atomic E-state index is 0. The van der Waals surface area contributed by atoms with Crippen LogP contribution in [0.25, 0.3) is 0 Å². The van der Waals surface area contributed by atoms with Crippen LogP contribution in [0.5, 0.6) is 0 Å². The maximum Gasteiger partial charge on any atom is 0.0890 e. The molecule has 2 bridgehead atoms. The van der Waals surface area contributed by atoms with E-state index in [1.54, 1.807) is 0 Å². The first-order chi connectivity index (χ1) is 6.85. The minimum atomic E-state index is -0.00810. The van der Waals surface area contributed by atoms with E-state index in [0.717, 1.165) is 5.57 Å². The Morgan fingerprint density at radius 1 is 1.33 bits per heavy atom. The first-order valence-corrected chi connectivity index (χ1v) is 5.07. The van der Waals surface area contributed by atoms with Crippen LogP contribution in [0.2, 0.25) is 0 Å². The second-order valence-electron chi connectivity index (χ2n) is 4.39. The van der Waals surface area contributed by atoms with Gasteiger partial charge in [0.15, 0.2) is 0 Å². The van der Waals surface area contributed by atoms with Crippen LogP contribution in [-0.4, -0.2) is 22.6 Å². The quantitative estimate of drug-likeness (QED) is 0.410. The van der Waals surface area contributed by atoms with Crippen molar-refractivity contribution >= 4 is 5.71 Å². The van der Waals surface area contributed by atoms with E-state index >= 15 is 0 Å². The van der Waals surface area contributed by atoms with E-state index < -0.39 is 0 Å². The summed E-state index contributed by atoms with van der Waals surface area (Å²) in [6.07, 6.45) is 7.76. The van der Waals surface area contributed by atoms with Gasteiger partial charge in [-0.05, 0) is 29.7 Å². The number of oxime groups is 1. The zero-order valence-electron chi connectivity index (χ0n) is 8.18. The predicted octanol–water partition coefficient (Wildman–Crippen LogP) is 1.18. The molecule has 81 valence electrons. The standard InChI is InChI=1S/C11H13NO2.Re/c13-5-8-4-9-6-1-2-7(3-6)10(9)11(8)12-14;/h1-2,4,6-7,9-10,13-14H,3,5H2;/b12-11+;. The van der Waals surface area contributed by atoms with Gasteiger partial charge in [-0.3, -0.25) is 0 Å². The van der Waals surface area contributed by atoms with Crippen LogP contribution < -0.4 is 0 Å². The Hall–Kier alpha value is -0.428. The molecule has 0 aromatic carbocycles. The van der Waals surface area contributed by atoms with Crippen molar-refractivity contribution in [1.29, 1.82) is 0 Å². The first-order valence-electron chi connectivity index (χ1n) is 5.07. The van der Waals surface area contributed by atoms with Gasteiger partial charge >= 0.3 is 0 Å². The second kappa shape index (κ2) is 3.86. The largest absolute Gasteiger partial charge is 0.411 e. The van der Waals surface area contributed by atoms with E-state index in [4.69, 9.17) is 10.3 Å². The third-order valence-electron chi connectivity index (χ3n) is 3.84. The Kier molecular flexibility index (Phi) is 2.85. The molecule has 4 unspecified atom stereocenters. The first kappa shape index (κ1) is 11.1. The number of hydrogen-bond donors (Lipinski definition) is 2. The third-order valence-corrected chi connectivity index (χ3v) is 3.84. The number of rotatable bonds is 1. The molecule has 1 fully saturated rings. The van der Waals surface area contributed by atoms with Gasteiger partial charge in [-0.1, -0.05) is 23.4 Å². The number of fused-ring (bicyclic) bond motifs is 5. The molecule has 15 heavy (non-hydrogen) atoms. The second-order valence-corrected chi connectivity index (χ2v) is 4.39. The van der Waals surface area contributed by atoms with Crippen LogP contribution in [0.4, 0.5) is 0 Å². The summed E-state index contributed by atoms with van der Waals surface area (Å²) in [4.78, 5) is 0. The fourth-order valence-electron chi connectivity index (χ4n) is 3.27. The fourth-order valence-corrected chi connectivity index (χ4v) is 3.27. The van der Waals surface area contributed by atoms with Gasteiger partial charge < -0.3 is 10.3 Å². The van der Waals surface area contributed by atoms with Crippen molar-refractivity contribution in [2.45, 2.75) is 6.42 Å². The molecule has 4 atom stereocenters. The summed E-state index contributed by atoms with van der Waals surface area (Å²) in [5.41, 5.74) is 1.54. The van der Waals surface area contributed by atoms with Gasteiger partial charge in [-0.15, -0.1) is 0 Å². The van der Waals surface area contributed by atoms with Gasteiger partial charge in [-0.2, -0.15) is 0 Å². The van der Waals surface area contributed by atoms with E-state index in [1.807, 2.05) is 0 Å². The Morgan fingerprint density at radius 3 is 2.73 bits per heavy atom. The van der Waals surface area contributed by atoms with E-state index in [-0.39, 0.29) is 27.0 Å². The smallest absolute Gasteiger partial charge is 0.0890 e. The molecule has 4 heteroatoms. The van der Waals surface area contributed by atoms with Crippen molar-refractivity contribution in [3.8, 4) is 0 Å². The molecule has 0 aromatic heterocycles. The Labute approximate surface area is 102 Å². The molecule has 0 spiro atoms. The maximum atomic E-state index is 9.14. The van der Waals surface area contributed by atoms with Gasteiger partial charge in [0.2, 0.25) is 0 Å². The van der Waals surface area contributed by atoms with Crippen molar-refractivity contribution in [3.63, 3.8) is 0 Å². The van der Waals surface area contributed by atoms with Crippen molar-refractivity contribution in [2.24, 2.45) is 28.8 Å². The molecule has 3 rings (SSSR count). The van der Waals surface area contributed by atoms with Gasteiger partial charge in [0.1, 0.15) is 0 Å². The number of allylic oxidation sites excluding steroid dienone is 3. The molecule has 3 nitrogen and oxygen atoms in total. The van der Waals surface area contributed by atoms with Gasteiger partial charge in [0.25, 0.3) is 0 Å². The van der Waals surface area contributed by atoms with E-state index in [2.05, 4.69) is 23.4 Å². The molecular formula is C11H13NO2Re. The summed E-state index contributed by atoms with van der Waals surface area (Å²) in [7, 11) is 0. The van der Waals surface area contributed by atoms with Crippen molar-refractivity contribution in [2.75, 3.05) is 6.61 Å². The molecule has 1 saturated carbocycles. The van der Waals surface area contributed by atoms with Gasteiger partial charge in [0, 0.05) is 26.3 Å². The molecule has 0 aliphatic heterocycles. The molecule has 1 radical (unpaired) electrons. The van der Waals surface area contributed by atoms with Gasteiger partial charge in [-0.25, -0.2) is 0 Å². The predicted molar refractivity (Wildman–Crippen MR) is 52.1 cm³/mol. The summed E-state index contributed by atoms with van der Waals surface area (Å²) in [6.45, 7) is -0.00810. The number of nitrogens with zero attached hydrogens (tertiary/aromatic N) is 1. The number of hydrogen-bond acceptors (Lipinski definition) is 3. The summed E-state index contributed by atoms with van der Waals surface area (Å²) in [5, 5.41) is 21.4. The van der Waals surface area contributed by atoms with Gasteiger partial charge in [0.05, 0.1) is 12.3 Å². The van der Waals surface area contributed by atoms with E-state index in [0.29, 0.717) is 29.4 Å².